The molecule has 0 saturated carbocycles. The average Bonchev–Trinajstić information content (AvgIpc) is 2.67. The molecule has 5 nitrogen and oxygen atoms in total. The van der Waals surface area contributed by atoms with Gasteiger partial charge in [-0.05, 0) is 50.1 Å². The summed E-state index contributed by atoms with van der Waals surface area (Å²) in [6.07, 6.45) is 0.795. The molecule has 132 valence electrons. The number of nitrogens with zero attached hydrogens (tertiary/aromatic N) is 2. The molecule has 2 rings (SSSR count). The fourth-order valence-electron chi connectivity index (χ4n) is 2.53. The molecule has 0 saturated heterocycles. The number of nitrogens with one attached hydrogen (secondary N) is 1. The topological polar surface area (TPSA) is 62.3 Å². The van der Waals surface area contributed by atoms with E-state index < -0.39 is 0 Å². The van der Waals surface area contributed by atoms with E-state index in [1.807, 2.05) is 45.0 Å². The average molecular weight is 339 g/mol. The van der Waals surface area contributed by atoms with Crippen LogP contribution in [-0.2, 0) is 13.0 Å². The molecular weight excluding hydrogens is 314 g/mol. The highest BCUT2D eigenvalue weighted by Crippen LogP contribution is 2.08. The van der Waals surface area contributed by atoms with Gasteiger partial charge in [0, 0.05) is 30.9 Å². The zero-order valence-corrected chi connectivity index (χ0v) is 15.1. The standard InChI is InChI=1S/C20H25N3O2/c1-4-17-8-7-9-18(22-17)19(24)21-14-15-10-12-16(13-11-15)20(25)23(5-2)6-3/h7-13H,4-6,14H2,1-3H3,(H,21,24). The minimum atomic E-state index is -0.196. The summed E-state index contributed by atoms with van der Waals surface area (Å²) in [6, 6.07) is 12.8. The third-order valence-corrected chi connectivity index (χ3v) is 4.11. The van der Waals surface area contributed by atoms with E-state index in [-0.39, 0.29) is 11.8 Å². The van der Waals surface area contributed by atoms with E-state index in [0.29, 0.717) is 30.9 Å². The summed E-state index contributed by atoms with van der Waals surface area (Å²) in [6.45, 7) is 7.72. The number of hydrogen-bond acceptors (Lipinski definition) is 3. The van der Waals surface area contributed by atoms with Crippen LogP contribution in [0.1, 0.15) is 52.9 Å². The monoisotopic (exact) mass is 339 g/mol. The molecule has 0 fully saturated rings. The largest absolute Gasteiger partial charge is 0.347 e. The van der Waals surface area contributed by atoms with Gasteiger partial charge in [0.1, 0.15) is 5.69 Å². The van der Waals surface area contributed by atoms with Gasteiger partial charge in [-0.1, -0.05) is 25.1 Å². The first-order valence-electron chi connectivity index (χ1n) is 8.71. The number of amides is 2. The number of carbonyl (C=O) groups excluding carboxylic acids is 2. The lowest BCUT2D eigenvalue weighted by Crippen LogP contribution is -2.30. The van der Waals surface area contributed by atoms with Gasteiger partial charge < -0.3 is 10.2 Å². The lowest BCUT2D eigenvalue weighted by atomic mass is 10.1. The van der Waals surface area contributed by atoms with Gasteiger partial charge >= 0.3 is 0 Å². The van der Waals surface area contributed by atoms with Crippen LogP contribution in [-0.4, -0.2) is 34.8 Å². The molecule has 1 aromatic carbocycles. The first kappa shape index (κ1) is 18.6. The first-order chi connectivity index (χ1) is 12.1. The molecule has 0 aliphatic heterocycles. The Hall–Kier alpha value is -2.69. The Morgan fingerprint density at radius 1 is 1.00 bits per heavy atom. The molecule has 0 radical (unpaired) electrons. The van der Waals surface area contributed by atoms with Crippen molar-refractivity contribution in [1.29, 1.82) is 0 Å². The van der Waals surface area contributed by atoms with Gasteiger partial charge in [-0.3, -0.25) is 9.59 Å². The summed E-state index contributed by atoms with van der Waals surface area (Å²) in [5.74, 6) is -0.167. The van der Waals surface area contributed by atoms with E-state index in [0.717, 1.165) is 17.7 Å². The molecule has 0 bridgehead atoms. The second-order valence-corrected chi connectivity index (χ2v) is 5.72. The maximum absolute atomic E-state index is 12.3. The molecule has 2 amide bonds. The minimum Gasteiger partial charge on any atom is -0.347 e. The summed E-state index contributed by atoms with van der Waals surface area (Å²) in [7, 11) is 0. The Labute approximate surface area is 149 Å². The lowest BCUT2D eigenvalue weighted by Gasteiger charge is -2.18. The van der Waals surface area contributed by atoms with Crippen molar-refractivity contribution in [1.82, 2.24) is 15.2 Å². The molecule has 0 aliphatic rings. The van der Waals surface area contributed by atoms with Gasteiger partial charge in [-0.15, -0.1) is 0 Å². The molecule has 5 heteroatoms. The smallest absolute Gasteiger partial charge is 0.270 e. The zero-order chi connectivity index (χ0) is 18.2. The molecule has 0 atom stereocenters. The van der Waals surface area contributed by atoms with E-state index in [2.05, 4.69) is 10.3 Å². The van der Waals surface area contributed by atoms with Crippen LogP contribution in [0, 0.1) is 0 Å². The van der Waals surface area contributed by atoms with Crippen LogP contribution in [0.2, 0.25) is 0 Å². The van der Waals surface area contributed by atoms with Crippen molar-refractivity contribution < 1.29 is 9.59 Å². The Kier molecular flexibility index (Phi) is 6.69. The van der Waals surface area contributed by atoms with E-state index in [1.54, 1.807) is 23.1 Å². The van der Waals surface area contributed by atoms with Gasteiger partial charge in [0.2, 0.25) is 0 Å². The van der Waals surface area contributed by atoms with Crippen molar-refractivity contribution in [3.8, 4) is 0 Å². The number of pyridine rings is 1. The summed E-state index contributed by atoms with van der Waals surface area (Å²) in [4.78, 5) is 30.6. The predicted octanol–water partition coefficient (Wildman–Crippen LogP) is 3.06. The second-order valence-electron chi connectivity index (χ2n) is 5.72. The molecule has 0 spiro atoms. The summed E-state index contributed by atoms with van der Waals surface area (Å²) in [5, 5.41) is 2.86. The van der Waals surface area contributed by atoms with E-state index in [9.17, 15) is 9.59 Å². The third-order valence-electron chi connectivity index (χ3n) is 4.11. The molecule has 25 heavy (non-hydrogen) atoms. The van der Waals surface area contributed by atoms with Gasteiger partial charge in [0.25, 0.3) is 11.8 Å². The van der Waals surface area contributed by atoms with Crippen LogP contribution in [0.5, 0.6) is 0 Å². The highest BCUT2D eigenvalue weighted by Gasteiger charge is 2.12. The number of benzene rings is 1. The minimum absolute atomic E-state index is 0.0289. The van der Waals surface area contributed by atoms with Gasteiger partial charge in [0.05, 0.1) is 0 Å². The van der Waals surface area contributed by atoms with Crippen LogP contribution >= 0.6 is 0 Å². The SMILES string of the molecule is CCc1cccc(C(=O)NCc2ccc(C(=O)N(CC)CC)cc2)n1. The normalized spacial score (nSPS) is 10.4. The maximum atomic E-state index is 12.3. The summed E-state index contributed by atoms with van der Waals surface area (Å²) in [5.41, 5.74) is 2.92. The van der Waals surface area contributed by atoms with E-state index >= 15 is 0 Å². The van der Waals surface area contributed by atoms with Gasteiger partial charge in [-0.25, -0.2) is 4.98 Å². The van der Waals surface area contributed by atoms with Crippen LogP contribution in [0.4, 0.5) is 0 Å². The molecule has 1 N–H and O–H groups in total. The third kappa shape index (κ3) is 4.89. The van der Waals surface area contributed by atoms with Crippen LogP contribution in [0.25, 0.3) is 0 Å². The fraction of sp³-hybridized carbons (Fsp3) is 0.350. The van der Waals surface area contributed by atoms with Crippen LogP contribution in [0.3, 0.4) is 0 Å². The van der Waals surface area contributed by atoms with Crippen molar-refractivity contribution in [3.63, 3.8) is 0 Å². The van der Waals surface area contributed by atoms with Crippen molar-refractivity contribution in [3.05, 3.63) is 65.0 Å². The van der Waals surface area contributed by atoms with Crippen molar-refractivity contribution in [2.45, 2.75) is 33.7 Å². The Morgan fingerprint density at radius 3 is 2.28 bits per heavy atom. The molecule has 1 heterocycles. The van der Waals surface area contributed by atoms with Crippen molar-refractivity contribution in [2.24, 2.45) is 0 Å². The number of aryl methyl sites for hydroxylation is 1. The van der Waals surface area contributed by atoms with E-state index in [1.165, 1.54) is 0 Å². The summed E-state index contributed by atoms with van der Waals surface area (Å²) >= 11 is 0. The number of carbonyl (C=O) groups is 2. The molecule has 2 aromatic rings. The second kappa shape index (κ2) is 8.97. The predicted molar refractivity (Wildman–Crippen MR) is 98.5 cm³/mol. The highest BCUT2D eigenvalue weighted by molar-refractivity contribution is 5.94. The first-order valence-corrected chi connectivity index (χ1v) is 8.71. The Bertz CT molecular complexity index is 722. The lowest BCUT2D eigenvalue weighted by molar-refractivity contribution is 0.0772. The van der Waals surface area contributed by atoms with Crippen LogP contribution in [0.15, 0.2) is 42.5 Å². The molecule has 0 unspecified atom stereocenters. The molecule has 1 aromatic heterocycles. The molecule has 0 aliphatic carbocycles. The zero-order valence-electron chi connectivity index (χ0n) is 15.1. The van der Waals surface area contributed by atoms with Gasteiger partial charge in [0.15, 0.2) is 0 Å². The number of aromatic nitrogens is 1. The van der Waals surface area contributed by atoms with Crippen molar-refractivity contribution >= 4 is 11.8 Å². The van der Waals surface area contributed by atoms with Crippen LogP contribution < -0.4 is 5.32 Å². The van der Waals surface area contributed by atoms with E-state index in [4.69, 9.17) is 0 Å². The number of hydrogen-bond donors (Lipinski definition) is 1. The quantitative estimate of drug-likeness (QED) is 0.843. The number of rotatable bonds is 7. The highest BCUT2D eigenvalue weighted by atomic mass is 16.2. The maximum Gasteiger partial charge on any atom is 0.270 e. The van der Waals surface area contributed by atoms with Crippen molar-refractivity contribution in [2.75, 3.05) is 13.1 Å². The van der Waals surface area contributed by atoms with Gasteiger partial charge in [-0.2, -0.15) is 0 Å². The fourth-order valence-corrected chi connectivity index (χ4v) is 2.53. The Morgan fingerprint density at radius 2 is 1.68 bits per heavy atom. The molecular formula is C20H25N3O2. The summed E-state index contributed by atoms with van der Waals surface area (Å²) < 4.78 is 0. The Balaban J connectivity index is 1.97.